The van der Waals surface area contributed by atoms with Gasteiger partial charge in [-0.1, -0.05) is 6.07 Å². The van der Waals surface area contributed by atoms with Gasteiger partial charge in [-0.2, -0.15) is 0 Å². The van der Waals surface area contributed by atoms with Gasteiger partial charge in [0.2, 0.25) is 0 Å². The summed E-state index contributed by atoms with van der Waals surface area (Å²) in [7, 11) is 0. The topological polar surface area (TPSA) is 66.6 Å². The molecule has 5 heteroatoms. The summed E-state index contributed by atoms with van der Waals surface area (Å²) in [5.41, 5.74) is 1.86. The average molecular weight is 224 g/mol. The van der Waals surface area contributed by atoms with E-state index in [0.717, 1.165) is 11.3 Å². The number of benzene rings is 1. The van der Waals surface area contributed by atoms with Crippen LogP contribution in [0.2, 0.25) is 0 Å². The van der Waals surface area contributed by atoms with Gasteiger partial charge in [0.05, 0.1) is 11.5 Å². The number of aryl methyl sites for hydroxylation is 1. The van der Waals surface area contributed by atoms with Crippen molar-refractivity contribution in [2.24, 2.45) is 0 Å². The Morgan fingerprint density at radius 2 is 2.19 bits per heavy atom. The Bertz CT molecular complexity index is 379. The van der Waals surface area contributed by atoms with E-state index >= 15 is 0 Å². The van der Waals surface area contributed by atoms with Crippen LogP contribution in [0.3, 0.4) is 0 Å². The summed E-state index contributed by atoms with van der Waals surface area (Å²) >= 11 is 0. The molecular weight excluding hydrogens is 208 g/mol. The number of likely N-dealkylation sites (N-methyl/N-ethyl adjacent to an activating group) is 1. The Morgan fingerprint density at radius 3 is 2.69 bits per heavy atom. The lowest BCUT2D eigenvalue weighted by Gasteiger charge is -2.23. The van der Waals surface area contributed by atoms with Crippen LogP contribution < -0.4 is 4.90 Å². The van der Waals surface area contributed by atoms with Crippen LogP contribution in [0.4, 0.5) is 11.4 Å². The van der Waals surface area contributed by atoms with Crippen molar-refractivity contribution in [1.29, 1.82) is 0 Å². The van der Waals surface area contributed by atoms with Gasteiger partial charge in [-0.25, -0.2) is 0 Å². The van der Waals surface area contributed by atoms with E-state index in [1.165, 1.54) is 6.07 Å². The van der Waals surface area contributed by atoms with Gasteiger partial charge >= 0.3 is 0 Å². The number of hydrogen-bond donors (Lipinski definition) is 1. The van der Waals surface area contributed by atoms with Crippen molar-refractivity contribution in [2.45, 2.75) is 13.8 Å². The second-order valence-corrected chi connectivity index (χ2v) is 3.53. The van der Waals surface area contributed by atoms with Crippen LogP contribution in [0.15, 0.2) is 18.2 Å². The van der Waals surface area contributed by atoms with E-state index in [9.17, 15) is 10.1 Å². The highest BCUT2D eigenvalue weighted by Crippen LogP contribution is 2.25. The predicted molar refractivity (Wildman–Crippen MR) is 62.8 cm³/mol. The lowest BCUT2D eigenvalue weighted by Crippen LogP contribution is -2.26. The molecule has 88 valence electrons. The Balaban J connectivity index is 3.09. The van der Waals surface area contributed by atoms with Gasteiger partial charge in [0.15, 0.2) is 0 Å². The molecule has 0 spiro atoms. The SMILES string of the molecule is CCN(CCO)c1cc([N+](=O)[O-])ccc1C. The summed E-state index contributed by atoms with van der Waals surface area (Å²) in [6, 6.07) is 4.77. The lowest BCUT2D eigenvalue weighted by molar-refractivity contribution is -0.384. The molecule has 1 aromatic rings. The van der Waals surface area contributed by atoms with Gasteiger partial charge in [0.1, 0.15) is 0 Å². The zero-order chi connectivity index (χ0) is 12.1. The molecule has 0 unspecified atom stereocenters. The molecule has 5 nitrogen and oxygen atoms in total. The van der Waals surface area contributed by atoms with Crippen molar-refractivity contribution < 1.29 is 10.0 Å². The smallest absolute Gasteiger partial charge is 0.271 e. The first kappa shape index (κ1) is 12.4. The molecule has 0 amide bonds. The highest BCUT2D eigenvalue weighted by atomic mass is 16.6. The van der Waals surface area contributed by atoms with Crippen molar-refractivity contribution in [1.82, 2.24) is 0 Å². The van der Waals surface area contributed by atoms with Crippen LogP contribution in [0.5, 0.6) is 0 Å². The van der Waals surface area contributed by atoms with Crippen molar-refractivity contribution in [2.75, 3.05) is 24.6 Å². The predicted octanol–water partition coefficient (Wildman–Crippen LogP) is 1.72. The zero-order valence-corrected chi connectivity index (χ0v) is 9.51. The highest BCUT2D eigenvalue weighted by molar-refractivity contribution is 5.58. The van der Waals surface area contributed by atoms with E-state index in [1.807, 2.05) is 18.7 Å². The van der Waals surface area contributed by atoms with Crippen LogP contribution in [0.1, 0.15) is 12.5 Å². The average Bonchev–Trinajstić information content (AvgIpc) is 2.26. The maximum absolute atomic E-state index is 10.7. The maximum Gasteiger partial charge on any atom is 0.271 e. The van der Waals surface area contributed by atoms with E-state index in [2.05, 4.69) is 0 Å². The number of nitro groups is 1. The summed E-state index contributed by atoms with van der Waals surface area (Å²) in [5.74, 6) is 0. The largest absolute Gasteiger partial charge is 0.395 e. The molecule has 0 aliphatic rings. The minimum absolute atomic E-state index is 0.0377. The number of nitro benzene ring substituents is 1. The van der Waals surface area contributed by atoms with Crippen LogP contribution in [0.25, 0.3) is 0 Å². The molecule has 1 aromatic carbocycles. The minimum Gasteiger partial charge on any atom is -0.395 e. The molecule has 0 bridgehead atoms. The molecule has 0 aliphatic heterocycles. The normalized spacial score (nSPS) is 10.2. The number of anilines is 1. The van der Waals surface area contributed by atoms with Crippen LogP contribution >= 0.6 is 0 Å². The molecule has 0 fully saturated rings. The molecule has 1 N–H and O–H groups in total. The van der Waals surface area contributed by atoms with Gasteiger partial charge in [0.25, 0.3) is 5.69 Å². The van der Waals surface area contributed by atoms with Crippen molar-refractivity contribution >= 4 is 11.4 Å². The summed E-state index contributed by atoms with van der Waals surface area (Å²) in [5, 5.41) is 19.6. The molecule has 0 radical (unpaired) electrons. The fourth-order valence-corrected chi connectivity index (χ4v) is 1.62. The molecule has 0 saturated heterocycles. The van der Waals surface area contributed by atoms with Crippen molar-refractivity contribution in [3.63, 3.8) is 0 Å². The van der Waals surface area contributed by atoms with Gasteiger partial charge in [0, 0.05) is 30.9 Å². The first-order chi connectivity index (χ1) is 7.60. The Labute approximate surface area is 94.5 Å². The first-order valence-electron chi connectivity index (χ1n) is 5.21. The Hall–Kier alpha value is -1.62. The van der Waals surface area contributed by atoms with Crippen LogP contribution in [-0.2, 0) is 0 Å². The van der Waals surface area contributed by atoms with Gasteiger partial charge < -0.3 is 10.0 Å². The minimum atomic E-state index is -0.407. The lowest BCUT2D eigenvalue weighted by atomic mass is 10.1. The third-order valence-corrected chi connectivity index (χ3v) is 2.50. The summed E-state index contributed by atoms with van der Waals surface area (Å²) in [6.07, 6.45) is 0. The first-order valence-corrected chi connectivity index (χ1v) is 5.21. The molecular formula is C11H16N2O3. The number of aliphatic hydroxyl groups is 1. The van der Waals surface area contributed by atoms with E-state index in [-0.39, 0.29) is 12.3 Å². The highest BCUT2D eigenvalue weighted by Gasteiger charge is 2.12. The van der Waals surface area contributed by atoms with E-state index in [1.54, 1.807) is 12.1 Å². The Morgan fingerprint density at radius 1 is 1.50 bits per heavy atom. The zero-order valence-electron chi connectivity index (χ0n) is 9.51. The van der Waals surface area contributed by atoms with Gasteiger partial charge in [-0.15, -0.1) is 0 Å². The third kappa shape index (κ3) is 2.70. The van der Waals surface area contributed by atoms with Gasteiger partial charge in [-0.05, 0) is 19.4 Å². The third-order valence-electron chi connectivity index (χ3n) is 2.50. The van der Waals surface area contributed by atoms with Crippen molar-refractivity contribution in [3.8, 4) is 0 Å². The molecule has 0 saturated carbocycles. The van der Waals surface area contributed by atoms with E-state index < -0.39 is 4.92 Å². The number of aliphatic hydroxyl groups excluding tert-OH is 1. The molecule has 0 aliphatic carbocycles. The summed E-state index contributed by atoms with van der Waals surface area (Å²) in [4.78, 5) is 12.2. The number of hydrogen-bond acceptors (Lipinski definition) is 4. The summed E-state index contributed by atoms with van der Waals surface area (Å²) in [6.45, 7) is 5.09. The van der Waals surface area contributed by atoms with E-state index in [4.69, 9.17) is 5.11 Å². The molecule has 1 rings (SSSR count). The van der Waals surface area contributed by atoms with Crippen LogP contribution in [0, 0.1) is 17.0 Å². The monoisotopic (exact) mass is 224 g/mol. The summed E-state index contributed by atoms with van der Waals surface area (Å²) < 4.78 is 0. The maximum atomic E-state index is 10.7. The number of rotatable bonds is 5. The second kappa shape index (κ2) is 5.46. The number of nitrogens with zero attached hydrogens (tertiary/aromatic N) is 2. The quantitative estimate of drug-likeness (QED) is 0.611. The Kier molecular flexibility index (Phi) is 4.25. The molecule has 0 heterocycles. The van der Waals surface area contributed by atoms with Crippen molar-refractivity contribution in [3.05, 3.63) is 33.9 Å². The van der Waals surface area contributed by atoms with E-state index in [0.29, 0.717) is 13.1 Å². The molecule has 0 aromatic heterocycles. The standard InChI is InChI=1S/C11H16N2O3/c1-3-12(6-7-14)11-8-10(13(15)16)5-4-9(11)2/h4-5,8,14H,3,6-7H2,1-2H3. The van der Waals surface area contributed by atoms with Gasteiger partial charge in [-0.3, -0.25) is 10.1 Å². The second-order valence-electron chi connectivity index (χ2n) is 3.53. The fraction of sp³-hybridized carbons (Fsp3) is 0.455. The molecule has 16 heavy (non-hydrogen) atoms. The molecule has 0 atom stereocenters. The number of non-ortho nitro benzene ring substituents is 1. The fourth-order valence-electron chi connectivity index (χ4n) is 1.62. The van der Waals surface area contributed by atoms with Crippen LogP contribution in [-0.4, -0.2) is 29.7 Å².